The second-order valence-corrected chi connectivity index (χ2v) is 8.56. The van der Waals surface area contributed by atoms with Crippen molar-refractivity contribution >= 4 is 22.4 Å². The highest BCUT2D eigenvalue weighted by Crippen LogP contribution is 2.53. The molecule has 2 aromatic heterocycles. The number of hydrogen-bond acceptors (Lipinski definition) is 5. The van der Waals surface area contributed by atoms with Gasteiger partial charge in [0.05, 0.1) is 16.4 Å². The Bertz CT molecular complexity index is 1340. The predicted molar refractivity (Wildman–Crippen MR) is 108 cm³/mol. The monoisotopic (exact) mass is 395 g/mol. The number of nitrogens with zero attached hydrogens (tertiary/aromatic N) is 4. The molecule has 4 heterocycles. The number of aromatic nitrogens is 3. The van der Waals surface area contributed by atoms with Crippen molar-refractivity contribution in [3.63, 3.8) is 0 Å². The molecule has 2 aliphatic rings. The largest absolute Gasteiger partial charge is 0.376 e. The van der Waals surface area contributed by atoms with Gasteiger partial charge in [-0.05, 0) is 23.1 Å². The molecular weight excluding hydrogens is 374 g/mol. The fraction of sp³-hybridized carbons (Fsp3) is 0.400. The summed E-state index contributed by atoms with van der Waals surface area (Å²) in [4.78, 5) is 36.0. The normalized spacial score (nSPS) is 21.4. The van der Waals surface area contributed by atoms with E-state index in [0.29, 0.717) is 17.6 Å². The number of nitro groups is 1. The summed E-state index contributed by atoms with van der Waals surface area (Å²) in [5, 5.41) is 15.3. The molecule has 0 saturated heterocycles. The minimum atomic E-state index is -0.375. The second-order valence-electron chi connectivity index (χ2n) is 8.56. The quantitative estimate of drug-likeness (QED) is 0.501. The third-order valence-corrected chi connectivity index (χ3v) is 6.77. The summed E-state index contributed by atoms with van der Waals surface area (Å²) in [5.41, 5.74) is 2.44. The zero-order chi connectivity index (χ0) is 20.8. The Kier molecular flexibility index (Phi) is 3.28. The molecule has 9 nitrogen and oxygen atoms in total. The van der Waals surface area contributed by atoms with Gasteiger partial charge in [0.25, 0.3) is 11.2 Å². The van der Waals surface area contributed by atoms with E-state index in [1.54, 1.807) is 19.2 Å². The molecule has 0 amide bonds. The SMILES string of the molecule is Cn1c(=O)c2cc3n(c2n(C)c1=O)C[C@@H]1[C@H]3Nc2ccc([N+](=O)[O-])cc2C1(C)C. The molecule has 0 aliphatic carbocycles. The molecular formula is C20H21N5O4. The second kappa shape index (κ2) is 5.37. The van der Waals surface area contributed by atoms with E-state index in [9.17, 15) is 19.7 Å². The van der Waals surface area contributed by atoms with Gasteiger partial charge in [-0.2, -0.15) is 0 Å². The molecule has 150 valence electrons. The number of benzene rings is 1. The van der Waals surface area contributed by atoms with Crippen molar-refractivity contribution in [1.29, 1.82) is 0 Å². The number of anilines is 1. The zero-order valence-corrected chi connectivity index (χ0v) is 16.6. The third kappa shape index (κ3) is 2.10. The Labute approximate surface area is 165 Å². The lowest BCUT2D eigenvalue weighted by molar-refractivity contribution is -0.385. The van der Waals surface area contributed by atoms with Gasteiger partial charge in [0.2, 0.25) is 0 Å². The van der Waals surface area contributed by atoms with Gasteiger partial charge in [-0.1, -0.05) is 13.8 Å². The molecule has 0 saturated carbocycles. The van der Waals surface area contributed by atoms with Crippen molar-refractivity contribution in [3.8, 4) is 0 Å². The highest BCUT2D eigenvalue weighted by molar-refractivity contribution is 5.78. The molecule has 0 unspecified atom stereocenters. The summed E-state index contributed by atoms with van der Waals surface area (Å²) in [6.45, 7) is 4.81. The predicted octanol–water partition coefficient (Wildman–Crippen LogP) is 2.02. The topological polar surface area (TPSA) is 104 Å². The molecule has 0 fully saturated rings. The number of nitrogens with one attached hydrogen (secondary N) is 1. The van der Waals surface area contributed by atoms with E-state index >= 15 is 0 Å². The van der Waals surface area contributed by atoms with Crippen LogP contribution in [0.1, 0.15) is 31.1 Å². The van der Waals surface area contributed by atoms with Crippen molar-refractivity contribution < 1.29 is 4.92 Å². The van der Waals surface area contributed by atoms with Gasteiger partial charge in [-0.3, -0.25) is 24.0 Å². The molecule has 3 aromatic rings. The van der Waals surface area contributed by atoms with Crippen LogP contribution in [-0.2, 0) is 26.1 Å². The Morgan fingerprint density at radius 2 is 1.90 bits per heavy atom. The number of aryl methyl sites for hydroxylation is 1. The first-order chi connectivity index (χ1) is 13.6. The number of hydrogen-bond donors (Lipinski definition) is 1. The standard InChI is InChI=1S/C20H21N5O4/c1-20(2)12-7-10(25(28)29)5-6-14(12)21-16-13(20)9-24-15(16)8-11-17(24)22(3)19(27)23(4)18(11)26/h5-8,13,16,21H,9H2,1-4H3/t13-,16-/m1/s1. The van der Waals surface area contributed by atoms with Crippen LogP contribution in [0.4, 0.5) is 11.4 Å². The van der Waals surface area contributed by atoms with Gasteiger partial charge in [0, 0.05) is 50.1 Å². The zero-order valence-electron chi connectivity index (χ0n) is 16.6. The maximum atomic E-state index is 12.6. The van der Waals surface area contributed by atoms with E-state index in [4.69, 9.17) is 0 Å². The smallest absolute Gasteiger partial charge is 0.332 e. The molecule has 2 aliphatic heterocycles. The van der Waals surface area contributed by atoms with Crippen molar-refractivity contribution in [1.82, 2.24) is 13.7 Å². The number of fused-ring (bicyclic) bond motifs is 6. The summed E-state index contributed by atoms with van der Waals surface area (Å²) >= 11 is 0. The van der Waals surface area contributed by atoms with Crippen LogP contribution in [0.15, 0.2) is 33.9 Å². The van der Waals surface area contributed by atoms with Gasteiger partial charge >= 0.3 is 5.69 Å². The van der Waals surface area contributed by atoms with Crippen LogP contribution in [0.5, 0.6) is 0 Å². The minimum Gasteiger partial charge on any atom is -0.376 e. The van der Waals surface area contributed by atoms with Crippen molar-refractivity contribution in [2.75, 3.05) is 5.32 Å². The van der Waals surface area contributed by atoms with Crippen LogP contribution in [0, 0.1) is 16.0 Å². The maximum absolute atomic E-state index is 12.6. The van der Waals surface area contributed by atoms with E-state index < -0.39 is 0 Å². The fourth-order valence-corrected chi connectivity index (χ4v) is 5.11. The van der Waals surface area contributed by atoms with Gasteiger partial charge in [-0.25, -0.2) is 4.79 Å². The van der Waals surface area contributed by atoms with E-state index in [1.165, 1.54) is 17.7 Å². The third-order valence-electron chi connectivity index (χ3n) is 6.77. The molecule has 2 atom stereocenters. The lowest BCUT2D eigenvalue weighted by Gasteiger charge is -2.42. The number of non-ortho nitro benzene ring substituents is 1. The van der Waals surface area contributed by atoms with Crippen molar-refractivity contribution in [2.45, 2.75) is 31.8 Å². The van der Waals surface area contributed by atoms with Crippen LogP contribution in [0.3, 0.4) is 0 Å². The van der Waals surface area contributed by atoms with E-state index in [1.807, 2.05) is 10.6 Å². The molecule has 0 bridgehead atoms. The Balaban J connectivity index is 1.73. The number of rotatable bonds is 1. The van der Waals surface area contributed by atoms with Crippen LogP contribution in [-0.4, -0.2) is 18.6 Å². The van der Waals surface area contributed by atoms with Crippen LogP contribution in [0.25, 0.3) is 11.0 Å². The molecule has 5 rings (SSSR count). The van der Waals surface area contributed by atoms with E-state index in [-0.39, 0.29) is 39.2 Å². The lowest BCUT2D eigenvalue weighted by Crippen LogP contribution is -2.40. The van der Waals surface area contributed by atoms with Crippen LogP contribution >= 0.6 is 0 Å². The first-order valence-corrected chi connectivity index (χ1v) is 9.47. The summed E-state index contributed by atoms with van der Waals surface area (Å²) in [6.07, 6.45) is 0. The summed E-state index contributed by atoms with van der Waals surface area (Å²) < 4.78 is 4.69. The first-order valence-electron chi connectivity index (χ1n) is 9.47. The summed E-state index contributed by atoms with van der Waals surface area (Å²) in [7, 11) is 3.16. The molecule has 9 heteroatoms. The Hall–Kier alpha value is -3.36. The molecule has 1 N–H and O–H groups in total. The van der Waals surface area contributed by atoms with Gasteiger partial charge < -0.3 is 9.88 Å². The Morgan fingerprint density at radius 1 is 1.17 bits per heavy atom. The first kappa shape index (κ1) is 17.7. The Morgan fingerprint density at radius 3 is 2.59 bits per heavy atom. The van der Waals surface area contributed by atoms with E-state index in [0.717, 1.165) is 21.5 Å². The average Bonchev–Trinajstić information content (AvgIpc) is 3.22. The fourth-order valence-electron chi connectivity index (χ4n) is 5.11. The molecule has 29 heavy (non-hydrogen) atoms. The lowest BCUT2D eigenvalue weighted by atomic mass is 9.67. The van der Waals surface area contributed by atoms with Gasteiger partial charge in [0.15, 0.2) is 0 Å². The molecule has 1 aromatic carbocycles. The van der Waals surface area contributed by atoms with E-state index in [2.05, 4.69) is 19.2 Å². The van der Waals surface area contributed by atoms with Crippen molar-refractivity contribution in [2.24, 2.45) is 20.0 Å². The highest BCUT2D eigenvalue weighted by Gasteiger charge is 2.48. The number of nitro benzene ring substituents is 1. The minimum absolute atomic E-state index is 0.0498. The van der Waals surface area contributed by atoms with Crippen LogP contribution in [0.2, 0.25) is 0 Å². The van der Waals surface area contributed by atoms with Crippen LogP contribution < -0.4 is 16.6 Å². The molecule has 0 radical (unpaired) electrons. The highest BCUT2D eigenvalue weighted by atomic mass is 16.6. The average molecular weight is 395 g/mol. The molecule has 0 spiro atoms. The van der Waals surface area contributed by atoms with Crippen molar-refractivity contribution in [3.05, 3.63) is 66.5 Å². The summed E-state index contributed by atoms with van der Waals surface area (Å²) in [6, 6.07) is 6.74. The van der Waals surface area contributed by atoms with Gasteiger partial charge in [0.1, 0.15) is 5.65 Å². The summed E-state index contributed by atoms with van der Waals surface area (Å²) in [5.74, 6) is 0.121. The maximum Gasteiger partial charge on any atom is 0.332 e. The van der Waals surface area contributed by atoms with Gasteiger partial charge in [-0.15, -0.1) is 0 Å².